The highest BCUT2D eigenvalue weighted by Gasteiger charge is 2.30. The van der Waals surface area contributed by atoms with Crippen molar-refractivity contribution in [1.82, 2.24) is 14.8 Å². The van der Waals surface area contributed by atoms with Crippen LogP contribution in [-0.4, -0.2) is 21.9 Å². The molecule has 0 aliphatic carbocycles. The molecule has 8 heteroatoms. The van der Waals surface area contributed by atoms with Gasteiger partial charge in [-0.3, -0.25) is 0 Å². The zero-order chi connectivity index (χ0) is 18.0. The van der Waals surface area contributed by atoms with Crippen molar-refractivity contribution in [2.45, 2.75) is 6.18 Å². The standard InChI is InChI=1S/C17H14F3N3O2/c1-23-16(24-2)14(10-22-23)13-4-3-9-21-15(13)25-12-7-5-11(6-8-12)17(18,19)20/h3-10H,1-2H3. The first kappa shape index (κ1) is 16.8. The van der Waals surface area contributed by atoms with E-state index in [2.05, 4.69) is 10.1 Å². The molecular formula is C17H14F3N3O2. The number of rotatable bonds is 4. The molecule has 2 aromatic heterocycles. The zero-order valence-electron chi connectivity index (χ0n) is 13.4. The van der Waals surface area contributed by atoms with Gasteiger partial charge in [-0.2, -0.15) is 18.3 Å². The molecule has 2 heterocycles. The van der Waals surface area contributed by atoms with Gasteiger partial charge in [-0.05, 0) is 36.4 Å². The third-order valence-electron chi connectivity index (χ3n) is 3.54. The molecule has 0 radical (unpaired) electrons. The number of hydrogen-bond acceptors (Lipinski definition) is 4. The lowest BCUT2D eigenvalue weighted by molar-refractivity contribution is -0.137. The van der Waals surface area contributed by atoms with Crippen LogP contribution in [-0.2, 0) is 13.2 Å². The molecular weight excluding hydrogens is 335 g/mol. The first-order chi connectivity index (χ1) is 11.9. The van der Waals surface area contributed by atoms with E-state index >= 15 is 0 Å². The van der Waals surface area contributed by atoms with E-state index in [0.29, 0.717) is 17.0 Å². The van der Waals surface area contributed by atoms with Gasteiger partial charge in [0.2, 0.25) is 11.8 Å². The second-order valence-electron chi connectivity index (χ2n) is 5.17. The summed E-state index contributed by atoms with van der Waals surface area (Å²) in [4.78, 5) is 4.17. The molecule has 0 unspecified atom stereocenters. The fourth-order valence-electron chi connectivity index (χ4n) is 2.35. The first-order valence-corrected chi connectivity index (χ1v) is 7.26. The maximum Gasteiger partial charge on any atom is 0.416 e. The number of alkyl halides is 3. The van der Waals surface area contributed by atoms with Crippen LogP contribution in [0.1, 0.15) is 5.56 Å². The molecule has 0 amide bonds. The summed E-state index contributed by atoms with van der Waals surface area (Å²) in [6.45, 7) is 0. The van der Waals surface area contributed by atoms with E-state index in [1.165, 1.54) is 25.4 Å². The van der Waals surface area contributed by atoms with Gasteiger partial charge in [0.25, 0.3) is 0 Å². The van der Waals surface area contributed by atoms with Gasteiger partial charge in [0.05, 0.1) is 30.0 Å². The number of hydrogen-bond donors (Lipinski definition) is 0. The molecule has 1 aromatic carbocycles. The molecule has 130 valence electrons. The van der Waals surface area contributed by atoms with Crippen molar-refractivity contribution < 1.29 is 22.6 Å². The minimum Gasteiger partial charge on any atom is -0.481 e. The highest BCUT2D eigenvalue weighted by Crippen LogP contribution is 2.37. The summed E-state index contributed by atoms with van der Waals surface area (Å²) >= 11 is 0. The van der Waals surface area contributed by atoms with E-state index in [9.17, 15) is 13.2 Å². The molecule has 0 aliphatic rings. The van der Waals surface area contributed by atoms with Gasteiger partial charge in [-0.15, -0.1) is 0 Å². The minimum atomic E-state index is -4.39. The Labute approximate surface area is 141 Å². The smallest absolute Gasteiger partial charge is 0.416 e. The van der Waals surface area contributed by atoms with Crippen molar-refractivity contribution in [2.24, 2.45) is 7.05 Å². The Balaban J connectivity index is 1.94. The maximum atomic E-state index is 12.6. The lowest BCUT2D eigenvalue weighted by Crippen LogP contribution is -2.04. The minimum absolute atomic E-state index is 0.244. The Bertz CT molecular complexity index is 874. The second kappa shape index (κ2) is 6.46. The molecule has 0 N–H and O–H groups in total. The van der Waals surface area contributed by atoms with Crippen molar-refractivity contribution in [3.63, 3.8) is 0 Å². The van der Waals surface area contributed by atoms with Crippen molar-refractivity contribution in [3.05, 3.63) is 54.4 Å². The van der Waals surface area contributed by atoms with Crippen LogP contribution in [0.2, 0.25) is 0 Å². The van der Waals surface area contributed by atoms with Crippen LogP contribution < -0.4 is 9.47 Å². The average molecular weight is 349 g/mol. The van der Waals surface area contributed by atoms with Gasteiger partial charge in [0.15, 0.2) is 0 Å². The Hall–Kier alpha value is -3.03. The second-order valence-corrected chi connectivity index (χ2v) is 5.17. The number of aryl methyl sites for hydroxylation is 1. The summed E-state index contributed by atoms with van der Waals surface area (Å²) in [5, 5.41) is 4.13. The Morgan fingerprint density at radius 3 is 2.40 bits per heavy atom. The SMILES string of the molecule is COc1c(-c2cccnc2Oc2ccc(C(F)(F)F)cc2)cnn1C. The van der Waals surface area contributed by atoms with E-state index in [1.54, 1.807) is 30.1 Å². The summed E-state index contributed by atoms with van der Waals surface area (Å²) < 4.78 is 50.5. The lowest BCUT2D eigenvalue weighted by atomic mass is 10.1. The maximum absolute atomic E-state index is 12.6. The monoisotopic (exact) mass is 349 g/mol. The predicted molar refractivity (Wildman–Crippen MR) is 84.5 cm³/mol. The van der Waals surface area contributed by atoms with E-state index in [1.807, 2.05) is 0 Å². The predicted octanol–water partition coefficient (Wildman–Crippen LogP) is 4.30. The fraction of sp³-hybridized carbons (Fsp3) is 0.176. The van der Waals surface area contributed by atoms with Crippen LogP contribution in [0.3, 0.4) is 0 Å². The average Bonchev–Trinajstić information content (AvgIpc) is 2.95. The Morgan fingerprint density at radius 1 is 1.04 bits per heavy atom. The van der Waals surface area contributed by atoms with Crippen molar-refractivity contribution in [1.29, 1.82) is 0 Å². The number of ether oxygens (including phenoxy) is 2. The van der Waals surface area contributed by atoms with Gasteiger partial charge < -0.3 is 9.47 Å². The summed E-state index contributed by atoms with van der Waals surface area (Å²) in [5.74, 6) is 1.01. The lowest BCUT2D eigenvalue weighted by Gasteiger charge is -2.11. The highest BCUT2D eigenvalue weighted by molar-refractivity contribution is 5.72. The van der Waals surface area contributed by atoms with E-state index in [4.69, 9.17) is 9.47 Å². The van der Waals surface area contributed by atoms with E-state index in [0.717, 1.165) is 12.1 Å². The zero-order valence-corrected chi connectivity index (χ0v) is 13.4. The highest BCUT2D eigenvalue weighted by atomic mass is 19.4. The molecule has 0 bridgehead atoms. The van der Waals surface area contributed by atoms with Crippen LogP contribution in [0.25, 0.3) is 11.1 Å². The van der Waals surface area contributed by atoms with Crippen molar-refractivity contribution >= 4 is 0 Å². The van der Waals surface area contributed by atoms with Crippen LogP contribution >= 0.6 is 0 Å². The number of methoxy groups -OCH3 is 1. The molecule has 0 spiro atoms. The van der Waals surface area contributed by atoms with Gasteiger partial charge in [-0.25, -0.2) is 9.67 Å². The molecule has 0 atom stereocenters. The quantitative estimate of drug-likeness (QED) is 0.705. The summed E-state index contributed by atoms with van der Waals surface area (Å²) in [5.41, 5.74) is 0.544. The first-order valence-electron chi connectivity index (χ1n) is 7.26. The number of benzene rings is 1. The summed E-state index contributed by atoms with van der Waals surface area (Å²) in [7, 11) is 3.25. The Kier molecular flexibility index (Phi) is 4.35. The molecule has 5 nitrogen and oxygen atoms in total. The molecule has 0 aliphatic heterocycles. The van der Waals surface area contributed by atoms with Gasteiger partial charge in [0.1, 0.15) is 5.75 Å². The number of aromatic nitrogens is 3. The number of pyridine rings is 1. The third kappa shape index (κ3) is 3.42. The van der Waals surface area contributed by atoms with E-state index < -0.39 is 11.7 Å². The number of nitrogens with zero attached hydrogens (tertiary/aromatic N) is 3. The molecule has 3 rings (SSSR count). The molecule has 0 saturated carbocycles. The molecule has 25 heavy (non-hydrogen) atoms. The molecule has 0 saturated heterocycles. The Morgan fingerprint density at radius 2 is 1.76 bits per heavy atom. The third-order valence-corrected chi connectivity index (χ3v) is 3.54. The molecule has 0 fully saturated rings. The van der Waals surface area contributed by atoms with E-state index in [-0.39, 0.29) is 11.6 Å². The van der Waals surface area contributed by atoms with Crippen LogP contribution in [0.4, 0.5) is 13.2 Å². The summed E-state index contributed by atoms with van der Waals surface area (Å²) in [6.07, 6.45) is -1.25. The topological polar surface area (TPSA) is 49.2 Å². The van der Waals surface area contributed by atoms with Crippen molar-refractivity contribution in [2.75, 3.05) is 7.11 Å². The summed E-state index contributed by atoms with van der Waals surface area (Å²) in [6, 6.07) is 7.92. The fourth-order valence-corrected chi connectivity index (χ4v) is 2.35. The van der Waals surface area contributed by atoms with Crippen LogP contribution in [0.15, 0.2) is 48.8 Å². The number of halogens is 3. The molecule has 3 aromatic rings. The van der Waals surface area contributed by atoms with Crippen LogP contribution in [0.5, 0.6) is 17.5 Å². The largest absolute Gasteiger partial charge is 0.481 e. The van der Waals surface area contributed by atoms with Gasteiger partial charge in [0, 0.05) is 13.2 Å². The van der Waals surface area contributed by atoms with Gasteiger partial charge in [-0.1, -0.05) is 0 Å². The van der Waals surface area contributed by atoms with Crippen LogP contribution in [0, 0.1) is 0 Å². The van der Waals surface area contributed by atoms with Gasteiger partial charge >= 0.3 is 6.18 Å². The van der Waals surface area contributed by atoms with Crippen molar-refractivity contribution in [3.8, 4) is 28.6 Å². The normalized spacial score (nSPS) is 11.4.